The van der Waals surface area contributed by atoms with Crippen LogP contribution in [-0.2, 0) is 18.0 Å². The molecule has 0 aromatic rings. The third kappa shape index (κ3) is 85.1. The summed E-state index contributed by atoms with van der Waals surface area (Å²) in [5.41, 5.74) is 0. The van der Waals surface area contributed by atoms with Gasteiger partial charge in [0.05, 0.1) is 7.82 Å². The maximum Gasteiger partial charge on any atom is 1.00 e. The first-order valence-corrected chi connectivity index (χ1v) is 6.78. The van der Waals surface area contributed by atoms with Crippen LogP contribution >= 0.6 is 23.5 Å². The predicted molar refractivity (Wildman–Crippen MR) is 32.8 cm³/mol. The molecule has 0 rings (SSSR count). The zero-order chi connectivity index (χ0) is 12.2. The van der Waals surface area contributed by atoms with Gasteiger partial charge in [-0.3, -0.25) is 8.88 Å². The normalized spacial score (nSPS) is 12.2. The molecule has 0 aliphatic rings. The minimum absolute atomic E-state index is 0. The molecule has 0 bridgehead atoms. The molecule has 0 fully saturated rings. The van der Waals surface area contributed by atoms with E-state index in [1.54, 1.807) is 0 Å². The first-order valence-electron chi connectivity index (χ1n) is 2.26. The first-order chi connectivity index (χ1) is 5.71. The average Bonchev–Trinajstić information content (AvgIpc) is 1.42. The van der Waals surface area contributed by atoms with E-state index >= 15 is 0 Å². The smallest absolute Gasteiger partial charge is 1.00 e. The summed E-state index contributed by atoms with van der Waals surface area (Å²) < 4.78 is 30.3. The Hall–Kier alpha value is 4.66. The van der Waals surface area contributed by atoms with Crippen molar-refractivity contribution in [1.29, 1.82) is 0 Å². The van der Waals surface area contributed by atoms with Crippen molar-refractivity contribution in [2.45, 2.75) is 0 Å². The molecule has 11 nitrogen and oxygen atoms in total. The standard InChI is InChI=1S/ClH.4Na.H4O7P2.H3O4P/c;;;;;1-8(2,3)7-9(4,5)6;1-5(2,3)4/h1H;;;;;(H2,1,2,3)(H2,4,5,6);(H3,1,2,3,4)/q;4*+1;;/p-4. The monoisotopic (exact) mass is 400 g/mol. The van der Waals surface area contributed by atoms with E-state index in [4.69, 9.17) is 24.1 Å². The third-order valence-electron chi connectivity index (χ3n) is 0.203. The van der Waals surface area contributed by atoms with Gasteiger partial charge < -0.3 is 51.2 Å². The zero-order valence-electron chi connectivity index (χ0n) is 10.4. The number of hydrogen-bond donors (Lipinski definition) is 4. The van der Waals surface area contributed by atoms with Crippen LogP contribution in [0, 0.1) is 0 Å². The molecular weight excluding hydrogens is 396 g/mol. The van der Waals surface area contributed by atoms with Gasteiger partial charge in [-0.1, -0.05) is 0 Å². The summed E-state index contributed by atoms with van der Waals surface area (Å²) in [7, 11) is -15.7. The fraction of sp³-hybridized carbons (Fsp3) is 0. The van der Waals surface area contributed by atoms with E-state index in [0.29, 0.717) is 0 Å². The van der Waals surface area contributed by atoms with Crippen LogP contribution in [0.1, 0.15) is 0 Å². The van der Waals surface area contributed by atoms with Gasteiger partial charge in [-0.25, -0.2) is 4.57 Å². The number of phosphoric acid groups is 3. The minimum atomic E-state index is -5.61. The van der Waals surface area contributed by atoms with Gasteiger partial charge >= 0.3 is 126 Å². The first kappa shape index (κ1) is 43.8. The molecule has 4 N–H and O–H groups in total. The molecule has 19 heteroatoms. The van der Waals surface area contributed by atoms with Gasteiger partial charge in [0.1, 0.15) is 0 Å². The van der Waals surface area contributed by atoms with Crippen molar-refractivity contribution in [3.63, 3.8) is 0 Å². The van der Waals surface area contributed by atoms with E-state index in [1.165, 1.54) is 0 Å². The maximum atomic E-state index is 9.44. The molecule has 1 unspecified atom stereocenters. The van der Waals surface area contributed by atoms with Crippen LogP contribution in [0.3, 0.4) is 0 Å². The molecule has 96 valence electrons. The molecule has 19 heavy (non-hydrogen) atoms. The van der Waals surface area contributed by atoms with Crippen LogP contribution in [0.15, 0.2) is 0 Å². The molecule has 0 radical (unpaired) electrons. The number of hydrogen-bond acceptors (Lipinski definition) is 7. The van der Waals surface area contributed by atoms with Crippen molar-refractivity contribution in [3.8, 4) is 0 Å². The van der Waals surface area contributed by atoms with E-state index in [1.807, 2.05) is 0 Å². The summed E-state index contributed by atoms with van der Waals surface area (Å²) in [6, 6.07) is 0. The fourth-order valence-electron chi connectivity index (χ4n) is 0.126. The average molecular weight is 400 g/mol. The summed E-state index contributed by atoms with van der Waals surface area (Å²) >= 11 is 0. The predicted octanol–water partition coefficient (Wildman–Crippen LogP) is -18.6. The topological polar surface area (TPSA) is 211 Å². The van der Waals surface area contributed by atoms with Crippen molar-refractivity contribution in [1.82, 2.24) is 0 Å². The van der Waals surface area contributed by atoms with Crippen LogP contribution < -0.4 is 145 Å². The Morgan fingerprint density at radius 1 is 0.737 bits per heavy atom. The second-order valence-electron chi connectivity index (χ2n) is 1.51. The Morgan fingerprint density at radius 2 is 0.895 bits per heavy atom. The fourth-order valence-corrected chi connectivity index (χ4v) is 1.14. The second-order valence-corrected chi connectivity index (χ2v) is 5.02. The SMILES string of the molecule is O=P(O)(O)O.O=P([O-])([O-])OP(=O)([O-])O.[Cl-].[Na+].[Na+].[Na+].[Na+]. The Bertz CT molecular complexity index is 273. The summed E-state index contributed by atoms with van der Waals surface area (Å²) in [5.74, 6) is 0. The van der Waals surface area contributed by atoms with E-state index in [9.17, 15) is 23.8 Å². The van der Waals surface area contributed by atoms with E-state index in [0.717, 1.165) is 0 Å². The molecule has 0 aliphatic carbocycles. The van der Waals surface area contributed by atoms with Crippen molar-refractivity contribution >= 4 is 23.5 Å². The van der Waals surface area contributed by atoms with Gasteiger partial charge in [0.25, 0.3) is 7.82 Å². The van der Waals surface area contributed by atoms with Crippen LogP contribution in [-0.4, -0.2) is 19.6 Å². The quantitative estimate of drug-likeness (QED) is 0.252. The van der Waals surface area contributed by atoms with Gasteiger partial charge in [-0.15, -0.1) is 0 Å². The molecule has 1 atom stereocenters. The van der Waals surface area contributed by atoms with Crippen molar-refractivity contribution in [3.05, 3.63) is 0 Å². The van der Waals surface area contributed by atoms with Crippen LogP contribution in [0.5, 0.6) is 0 Å². The summed E-state index contributed by atoms with van der Waals surface area (Å²) in [6.45, 7) is 0. The second kappa shape index (κ2) is 19.0. The van der Waals surface area contributed by atoms with Gasteiger partial charge in [0, 0.05) is 0 Å². The van der Waals surface area contributed by atoms with Crippen molar-refractivity contribution in [2.24, 2.45) is 0 Å². The molecule has 0 aliphatic heterocycles. The van der Waals surface area contributed by atoms with E-state index in [2.05, 4.69) is 4.31 Å². The molecular formula is H4ClNa4O11P3. The van der Waals surface area contributed by atoms with Gasteiger partial charge in [-0.05, 0) is 0 Å². The number of rotatable bonds is 2. The van der Waals surface area contributed by atoms with Gasteiger partial charge in [0.2, 0.25) is 0 Å². The Morgan fingerprint density at radius 3 is 0.895 bits per heavy atom. The molecule has 0 heterocycles. The Balaban J connectivity index is -0.0000000261. The van der Waals surface area contributed by atoms with Crippen LogP contribution in [0.25, 0.3) is 0 Å². The summed E-state index contributed by atoms with van der Waals surface area (Å²) in [4.78, 5) is 57.3. The maximum absolute atomic E-state index is 9.44. The molecule has 0 aromatic heterocycles. The zero-order valence-corrected chi connectivity index (χ0v) is 21.8. The molecule has 0 saturated carbocycles. The molecule has 0 amide bonds. The largest absolute Gasteiger partial charge is 1.00 e. The minimum Gasteiger partial charge on any atom is -1.00 e. The van der Waals surface area contributed by atoms with Crippen LogP contribution in [0.2, 0.25) is 0 Å². The van der Waals surface area contributed by atoms with E-state index < -0.39 is 23.5 Å². The van der Waals surface area contributed by atoms with Gasteiger partial charge in [-0.2, -0.15) is 0 Å². The molecule has 0 aromatic carbocycles. The number of halogens is 1. The van der Waals surface area contributed by atoms with Crippen molar-refractivity contribution in [2.75, 3.05) is 0 Å². The summed E-state index contributed by atoms with van der Waals surface area (Å²) in [5, 5.41) is 0. The third-order valence-corrected chi connectivity index (χ3v) is 1.83. The Kier molecular flexibility index (Phi) is 43.8. The Labute approximate surface area is 203 Å². The van der Waals surface area contributed by atoms with E-state index in [-0.39, 0.29) is 131 Å². The summed E-state index contributed by atoms with van der Waals surface area (Å²) in [6.07, 6.45) is 0. The molecule has 0 saturated heterocycles. The van der Waals surface area contributed by atoms with Crippen LogP contribution in [0.4, 0.5) is 0 Å². The van der Waals surface area contributed by atoms with Gasteiger partial charge in [0.15, 0.2) is 0 Å². The van der Waals surface area contributed by atoms with Crippen molar-refractivity contribution < 1.29 is 183 Å². The molecule has 0 spiro atoms.